The number of carbonyl (C=O) groups is 2. The van der Waals surface area contributed by atoms with Crippen molar-refractivity contribution < 1.29 is 19.1 Å². The fourth-order valence-corrected chi connectivity index (χ4v) is 4.61. The van der Waals surface area contributed by atoms with Crippen LogP contribution in [0.5, 0.6) is 11.5 Å². The number of hydrogen-bond acceptors (Lipinski definition) is 7. The Morgan fingerprint density at radius 1 is 0.949 bits per heavy atom. The van der Waals surface area contributed by atoms with Gasteiger partial charge in [0.15, 0.2) is 17.3 Å². The predicted molar refractivity (Wildman–Crippen MR) is 152 cm³/mol. The van der Waals surface area contributed by atoms with Gasteiger partial charge in [0.1, 0.15) is 6.54 Å². The van der Waals surface area contributed by atoms with Crippen molar-refractivity contribution in [1.82, 2.24) is 20.0 Å². The van der Waals surface area contributed by atoms with Crippen LogP contribution in [0, 0.1) is 0 Å². The van der Waals surface area contributed by atoms with E-state index in [2.05, 4.69) is 15.1 Å². The number of aromatic nitrogens is 2. The van der Waals surface area contributed by atoms with E-state index in [4.69, 9.17) is 21.1 Å². The summed E-state index contributed by atoms with van der Waals surface area (Å²) in [5.41, 5.74) is 2.12. The quantitative estimate of drug-likeness (QED) is 0.389. The summed E-state index contributed by atoms with van der Waals surface area (Å²) in [6.45, 7) is 6.35. The molecule has 0 N–H and O–H groups in total. The molecule has 9 nitrogen and oxygen atoms in total. The third-order valence-corrected chi connectivity index (χ3v) is 7.32. The van der Waals surface area contributed by atoms with Gasteiger partial charge in [0.25, 0.3) is 5.91 Å². The smallest absolute Gasteiger partial charge is 0.254 e. The predicted octanol–water partition coefficient (Wildman–Crippen LogP) is 4.40. The van der Waals surface area contributed by atoms with E-state index >= 15 is 0 Å². The molecule has 2 heterocycles. The molecule has 0 bridgehead atoms. The van der Waals surface area contributed by atoms with E-state index < -0.39 is 0 Å². The summed E-state index contributed by atoms with van der Waals surface area (Å²) < 4.78 is 10.7. The normalized spacial score (nSPS) is 14.1. The molecule has 0 unspecified atom stereocenters. The molecule has 4 rings (SSSR count). The fourth-order valence-electron chi connectivity index (χ4n) is 4.48. The summed E-state index contributed by atoms with van der Waals surface area (Å²) >= 11 is 5.98. The highest BCUT2D eigenvalue weighted by Gasteiger charge is 2.28. The Hall–Kier alpha value is -3.85. The molecule has 3 aromatic rings. The second kappa shape index (κ2) is 12.8. The maximum Gasteiger partial charge on any atom is 0.254 e. The van der Waals surface area contributed by atoms with Crippen LogP contribution in [0.4, 0.5) is 5.82 Å². The van der Waals surface area contributed by atoms with E-state index in [9.17, 15) is 9.59 Å². The molecule has 0 aliphatic carbocycles. The first kappa shape index (κ1) is 28.2. The molecule has 2 aromatic carbocycles. The summed E-state index contributed by atoms with van der Waals surface area (Å²) in [4.78, 5) is 32.0. The van der Waals surface area contributed by atoms with Crippen LogP contribution >= 0.6 is 11.6 Å². The van der Waals surface area contributed by atoms with E-state index in [0.717, 1.165) is 23.5 Å². The topological polar surface area (TPSA) is 88.1 Å². The molecule has 1 aliphatic heterocycles. The Balaban J connectivity index is 1.36. The van der Waals surface area contributed by atoms with E-state index in [-0.39, 0.29) is 24.4 Å². The Kier molecular flexibility index (Phi) is 9.24. The van der Waals surface area contributed by atoms with Crippen LogP contribution in [0.15, 0.2) is 54.6 Å². The number of nitrogens with zero attached hydrogens (tertiary/aromatic N) is 5. The number of hydrogen-bond donors (Lipinski definition) is 0. The monoisotopic (exact) mass is 551 g/mol. The van der Waals surface area contributed by atoms with Gasteiger partial charge >= 0.3 is 0 Å². The Bertz CT molecular complexity index is 1280. The highest BCUT2D eigenvalue weighted by Crippen LogP contribution is 2.31. The molecule has 0 radical (unpaired) electrons. The summed E-state index contributed by atoms with van der Waals surface area (Å²) in [7, 11) is 3.20. The zero-order chi connectivity index (χ0) is 27.9. The minimum atomic E-state index is -0.169. The first-order chi connectivity index (χ1) is 18.8. The molecule has 10 heteroatoms. The number of carbonyl (C=O) groups excluding carboxylic acids is 2. The molecule has 1 aliphatic rings. The highest BCUT2D eigenvalue weighted by atomic mass is 35.5. The molecule has 2 amide bonds. The Morgan fingerprint density at radius 2 is 1.64 bits per heavy atom. The SMILES string of the molecule is CC[C@H](C)N(CC(=O)N1CCN(c2ccc(-c3ccc(OC)c(OC)c3)nn2)CC1)C(=O)c1ccc(Cl)cc1. The molecule has 0 spiro atoms. The largest absolute Gasteiger partial charge is 0.493 e. The van der Waals surface area contributed by atoms with Crippen LogP contribution in [0.1, 0.15) is 30.6 Å². The molecule has 1 saturated heterocycles. The van der Waals surface area contributed by atoms with Gasteiger partial charge in [0, 0.05) is 48.4 Å². The summed E-state index contributed by atoms with van der Waals surface area (Å²) in [5.74, 6) is 1.80. The third kappa shape index (κ3) is 6.60. The van der Waals surface area contributed by atoms with Gasteiger partial charge in [-0.1, -0.05) is 18.5 Å². The van der Waals surface area contributed by atoms with Gasteiger partial charge in [0.2, 0.25) is 5.91 Å². The van der Waals surface area contributed by atoms with Crippen molar-refractivity contribution in [3.63, 3.8) is 0 Å². The van der Waals surface area contributed by atoms with Gasteiger partial charge in [-0.2, -0.15) is 0 Å². The van der Waals surface area contributed by atoms with Crippen molar-refractivity contribution in [3.8, 4) is 22.8 Å². The van der Waals surface area contributed by atoms with Crippen molar-refractivity contribution in [2.24, 2.45) is 0 Å². The van der Waals surface area contributed by atoms with Gasteiger partial charge in [-0.15, -0.1) is 10.2 Å². The summed E-state index contributed by atoms with van der Waals surface area (Å²) in [5, 5.41) is 9.41. The molecule has 0 saturated carbocycles. The van der Waals surface area contributed by atoms with Gasteiger partial charge < -0.3 is 24.2 Å². The number of rotatable bonds is 9. The van der Waals surface area contributed by atoms with Gasteiger partial charge in [-0.3, -0.25) is 9.59 Å². The number of ether oxygens (including phenoxy) is 2. The lowest BCUT2D eigenvalue weighted by Gasteiger charge is -2.37. The number of methoxy groups -OCH3 is 2. The van der Waals surface area contributed by atoms with E-state index in [1.165, 1.54) is 0 Å². The van der Waals surface area contributed by atoms with Crippen molar-refractivity contribution in [1.29, 1.82) is 0 Å². The highest BCUT2D eigenvalue weighted by molar-refractivity contribution is 6.30. The molecule has 1 atom stereocenters. The van der Waals surface area contributed by atoms with Crippen LogP contribution < -0.4 is 14.4 Å². The van der Waals surface area contributed by atoms with Crippen LogP contribution in [-0.2, 0) is 4.79 Å². The van der Waals surface area contributed by atoms with Crippen LogP contribution in [-0.4, -0.2) is 84.8 Å². The second-order valence-corrected chi connectivity index (χ2v) is 9.85. The standard InChI is InChI=1S/C29H34ClN5O4/c1-5-20(2)35(29(37)21-6-9-23(30)10-7-21)19-28(36)34-16-14-33(15-17-34)27-13-11-24(31-32-27)22-8-12-25(38-3)26(18-22)39-4/h6-13,18,20H,5,14-17,19H2,1-4H3/t20-/m0/s1. The molecule has 1 aromatic heterocycles. The first-order valence-electron chi connectivity index (χ1n) is 13.0. The van der Waals surface area contributed by atoms with Crippen molar-refractivity contribution in [2.45, 2.75) is 26.3 Å². The number of benzene rings is 2. The molecular weight excluding hydrogens is 518 g/mol. The fraction of sp³-hybridized carbons (Fsp3) is 0.379. The van der Waals surface area contributed by atoms with E-state index in [1.54, 1.807) is 43.4 Å². The van der Waals surface area contributed by atoms with Crippen molar-refractivity contribution in [2.75, 3.05) is 51.8 Å². The Labute approximate surface area is 234 Å². The van der Waals surface area contributed by atoms with Gasteiger partial charge in [-0.05, 0) is 67.9 Å². The van der Waals surface area contributed by atoms with Crippen molar-refractivity contribution in [3.05, 3.63) is 65.2 Å². The average Bonchev–Trinajstić information content (AvgIpc) is 2.99. The van der Waals surface area contributed by atoms with E-state index in [0.29, 0.717) is 48.3 Å². The molecule has 206 valence electrons. The number of piperazine rings is 1. The number of amides is 2. The van der Waals surface area contributed by atoms with Gasteiger partial charge in [0.05, 0.1) is 19.9 Å². The maximum atomic E-state index is 13.2. The minimum Gasteiger partial charge on any atom is -0.493 e. The second-order valence-electron chi connectivity index (χ2n) is 9.41. The maximum absolute atomic E-state index is 13.2. The minimum absolute atomic E-state index is 0.0380. The van der Waals surface area contributed by atoms with Crippen LogP contribution in [0.3, 0.4) is 0 Å². The zero-order valence-electron chi connectivity index (χ0n) is 22.8. The average molecular weight is 552 g/mol. The third-order valence-electron chi connectivity index (χ3n) is 7.07. The first-order valence-corrected chi connectivity index (χ1v) is 13.4. The van der Waals surface area contributed by atoms with E-state index in [1.807, 2.05) is 49.1 Å². The molecular formula is C29H34ClN5O4. The lowest BCUT2D eigenvalue weighted by molar-refractivity contribution is -0.132. The van der Waals surface area contributed by atoms with Crippen LogP contribution in [0.25, 0.3) is 11.3 Å². The number of halogens is 1. The Morgan fingerprint density at radius 3 is 2.23 bits per heavy atom. The zero-order valence-corrected chi connectivity index (χ0v) is 23.5. The molecule has 1 fully saturated rings. The lowest BCUT2D eigenvalue weighted by atomic mass is 10.1. The van der Waals surface area contributed by atoms with Crippen molar-refractivity contribution >= 4 is 29.2 Å². The van der Waals surface area contributed by atoms with Gasteiger partial charge in [-0.25, -0.2) is 0 Å². The van der Waals surface area contributed by atoms with Crippen LogP contribution in [0.2, 0.25) is 5.02 Å². The summed E-state index contributed by atoms with van der Waals surface area (Å²) in [6, 6.07) is 16.2. The lowest BCUT2D eigenvalue weighted by Crippen LogP contribution is -2.53. The summed E-state index contributed by atoms with van der Waals surface area (Å²) in [6.07, 6.45) is 0.748. The number of anilines is 1. The molecule has 39 heavy (non-hydrogen) atoms.